The summed E-state index contributed by atoms with van der Waals surface area (Å²) in [5.74, 6) is 0. The van der Waals surface area contributed by atoms with Gasteiger partial charge in [-0.1, -0.05) is 29.8 Å². The number of hydrogen-bond acceptors (Lipinski definition) is 6. The summed E-state index contributed by atoms with van der Waals surface area (Å²) in [7, 11) is 0. The van der Waals surface area contributed by atoms with Crippen LogP contribution in [0.3, 0.4) is 0 Å². The molecule has 0 aliphatic carbocycles. The summed E-state index contributed by atoms with van der Waals surface area (Å²) < 4.78 is 1.97. The highest BCUT2D eigenvalue weighted by atomic mass is 35.5. The average molecular weight is 366 g/mol. The fourth-order valence-electron chi connectivity index (χ4n) is 2.93. The van der Waals surface area contributed by atoms with Gasteiger partial charge in [-0.25, -0.2) is 15.8 Å². The number of nitrogens with zero attached hydrogens (tertiary/aromatic N) is 4. The summed E-state index contributed by atoms with van der Waals surface area (Å²) in [5, 5.41) is 9.95. The number of imidazole rings is 1. The maximum absolute atomic E-state index is 9.22. The van der Waals surface area contributed by atoms with Crippen LogP contribution in [0.4, 0.5) is 0 Å². The molecule has 4 rings (SSSR count). The Morgan fingerprint density at radius 3 is 2.88 bits per heavy atom. The third-order valence-electron chi connectivity index (χ3n) is 4.28. The summed E-state index contributed by atoms with van der Waals surface area (Å²) in [4.78, 5) is 8.88. The molecule has 26 heavy (non-hydrogen) atoms. The number of benzene rings is 1. The first-order valence-corrected chi connectivity index (χ1v) is 8.49. The molecule has 0 saturated carbocycles. The van der Waals surface area contributed by atoms with Crippen LogP contribution in [0.5, 0.6) is 0 Å². The molecule has 0 radical (unpaired) electrons. The van der Waals surface area contributed by atoms with Crippen molar-refractivity contribution in [3.63, 3.8) is 0 Å². The van der Waals surface area contributed by atoms with Crippen LogP contribution in [0, 0.1) is 11.3 Å². The van der Waals surface area contributed by atoms with E-state index in [2.05, 4.69) is 32.4 Å². The van der Waals surface area contributed by atoms with Gasteiger partial charge in [0.05, 0.1) is 24.1 Å². The molecule has 0 bridgehead atoms. The molecular formula is C18H16ClN7. The van der Waals surface area contributed by atoms with Crippen molar-refractivity contribution in [1.29, 1.82) is 5.26 Å². The van der Waals surface area contributed by atoms with Crippen LogP contribution in [0.15, 0.2) is 55.1 Å². The molecule has 8 heteroatoms. The Morgan fingerprint density at radius 1 is 1.15 bits per heavy atom. The normalized spacial score (nSPS) is 19.4. The molecule has 1 fully saturated rings. The fraction of sp³-hybridized carbons (Fsp3) is 0.167. The second-order valence-electron chi connectivity index (χ2n) is 6.00. The van der Waals surface area contributed by atoms with Crippen molar-refractivity contribution in [3.05, 3.63) is 71.3 Å². The third kappa shape index (κ3) is 3.31. The second kappa shape index (κ2) is 7.23. The van der Waals surface area contributed by atoms with E-state index in [-0.39, 0.29) is 12.1 Å². The minimum Gasteiger partial charge on any atom is -0.332 e. The molecule has 1 aliphatic heterocycles. The average Bonchev–Trinajstić information content (AvgIpc) is 3.33. The highest BCUT2D eigenvalue weighted by Crippen LogP contribution is 2.23. The van der Waals surface area contributed by atoms with E-state index in [9.17, 15) is 5.26 Å². The van der Waals surface area contributed by atoms with Crippen molar-refractivity contribution in [2.45, 2.75) is 18.6 Å². The number of pyridine rings is 1. The first-order valence-electron chi connectivity index (χ1n) is 8.12. The van der Waals surface area contributed by atoms with Crippen molar-refractivity contribution < 1.29 is 0 Å². The molecule has 2 atom stereocenters. The Morgan fingerprint density at radius 2 is 2.04 bits per heavy atom. The lowest BCUT2D eigenvalue weighted by atomic mass is 10.0. The lowest BCUT2D eigenvalue weighted by Gasteiger charge is -2.12. The molecule has 130 valence electrons. The molecule has 0 spiro atoms. The molecule has 1 aromatic carbocycles. The van der Waals surface area contributed by atoms with Crippen LogP contribution in [0.1, 0.15) is 17.2 Å². The highest BCUT2D eigenvalue weighted by molar-refractivity contribution is 6.31. The third-order valence-corrected chi connectivity index (χ3v) is 4.65. The van der Waals surface area contributed by atoms with Gasteiger partial charge in [-0.15, -0.1) is 0 Å². The first-order chi connectivity index (χ1) is 12.7. The molecule has 0 amide bonds. The van der Waals surface area contributed by atoms with Crippen molar-refractivity contribution in [3.8, 4) is 17.5 Å². The Kier molecular flexibility index (Phi) is 4.65. The van der Waals surface area contributed by atoms with Gasteiger partial charge in [0.25, 0.3) is 0 Å². The SMILES string of the molecule is N#CC1NNNC1c1ccnc(-c2cn(Cc3ccccc3Cl)cn2)c1. The number of aromatic nitrogens is 3. The first kappa shape index (κ1) is 16.7. The minimum atomic E-state index is -0.358. The zero-order chi connectivity index (χ0) is 17.9. The molecule has 3 aromatic rings. The highest BCUT2D eigenvalue weighted by Gasteiger charge is 2.28. The smallest absolute Gasteiger partial charge is 0.130 e. The van der Waals surface area contributed by atoms with Crippen molar-refractivity contribution >= 4 is 11.6 Å². The fourth-order valence-corrected chi connectivity index (χ4v) is 3.12. The van der Waals surface area contributed by atoms with E-state index in [1.165, 1.54) is 0 Å². The van der Waals surface area contributed by atoms with E-state index < -0.39 is 0 Å². The summed E-state index contributed by atoms with van der Waals surface area (Å²) in [5.41, 5.74) is 12.2. The predicted octanol–water partition coefficient (Wildman–Crippen LogP) is 2.19. The Bertz CT molecular complexity index is 962. The maximum atomic E-state index is 9.22. The van der Waals surface area contributed by atoms with Gasteiger partial charge in [-0.3, -0.25) is 4.98 Å². The molecule has 2 unspecified atom stereocenters. The van der Waals surface area contributed by atoms with E-state index in [1.807, 2.05) is 47.2 Å². The summed E-state index contributed by atoms with van der Waals surface area (Å²) in [6, 6.07) is 13.3. The van der Waals surface area contributed by atoms with Gasteiger partial charge >= 0.3 is 0 Å². The number of nitriles is 1. The van der Waals surface area contributed by atoms with Gasteiger partial charge in [0.15, 0.2) is 0 Å². The van der Waals surface area contributed by atoms with Gasteiger partial charge < -0.3 is 4.57 Å². The second-order valence-corrected chi connectivity index (χ2v) is 6.40. The van der Waals surface area contributed by atoms with Gasteiger partial charge in [-0.2, -0.15) is 10.8 Å². The number of hydrazine groups is 2. The number of halogens is 1. The molecule has 1 saturated heterocycles. The molecule has 3 heterocycles. The van der Waals surface area contributed by atoms with E-state index in [4.69, 9.17) is 11.6 Å². The van der Waals surface area contributed by atoms with Gasteiger partial charge in [-0.05, 0) is 29.3 Å². The van der Waals surface area contributed by atoms with Gasteiger partial charge in [0.1, 0.15) is 11.7 Å². The van der Waals surface area contributed by atoms with Crippen LogP contribution in [-0.2, 0) is 6.54 Å². The molecule has 1 aliphatic rings. The maximum Gasteiger partial charge on any atom is 0.130 e. The summed E-state index contributed by atoms with van der Waals surface area (Å²) >= 11 is 6.23. The van der Waals surface area contributed by atoms with Crippen molar-refractivity contribution in [2.24, 2.45) is 0 Å². The molecule has 3 N–H and O–H groups in total. The van der Waals surface area contributed by atoms with Gasteiger partial charge in [0.2, 0.25) is 0 Å². The van der Waals surface area contributed by atoms with Crippen LogP contribution in [0.2, 0.25) is 5.02 Å². The molecule has 7 nitrogen and oxygen atoms in total. The molecule has 2 aromatic heterocycles. The number of rotatable bonds is 4. The Labute approximate surface area is 155 Å². The Hall–Kier alpha value is -2.76. The zero-order valence-corrected chi connectivity index (χ0v) is 14.5. The lowest BCUT2D eigenvalue weighted by molar-refractivity contribution is 0.555. The van der Waals surface area contributed by atoms with Gasteiger partial charge in [0, 0.05) is 24.0 Å². The van der Waals surface area contributed by atoms with Crippen molar-refractivity contribution in [1.82, 2.24) is 30.9 Å². The number of nitrogens with one attached hydrogen (secondary N) is 3. The zero-order valence-electron chi connectivity index (χ0n) is 13.7. The topological polar surface area (TPSA) is 90.6 Å². The summed E-state index contributed by atoms with van der Waals surface area (Å²) in [6.07, 6.45) is 5.43. The van der Waals surface area contributed by atoms with Crippen LogP contribution >= 0.6 is 11.6 Å². The van der Waals surface area contributed by atoms with E-state index >= 15 is 0 Å². The van der Waals surface area contributed by atoms with E-state index in [1.54, 1.807) is 12.5 Å². The summed E-state index contributed by atoms with van der Waals surface area (Å²) in [6.45, 7) is 0.640. The predicted molar refractivity (Wildman–Crippen MR) is 97.6 cm³/mol. The lowest BCUT2D eigenvalue weighted by Crippen LogP contribution is -2.32. The molecular weight excluding hydrogens is 350 g/mol. The standard InChI is InChI=1S/C18H16ClN7/c19-14-4-2-1-3-13(14)9-26-10-17(22-11-26)15-7-12(5-6-21-15)18-16(8-20)23-25-24-18/h1-7,10-11,16,18,23-25H,9H2. The van der Waals surface area contributed by atoms with Crippen LogP contribution in [-0.4, -0.2) is 20.6 Å². The van der Waals surface area contributed by atoms with E-state index in [0.29, 0.717) is 6.54 Å². The van der Waals surface area contributed by atoms with E-state index in [0.717, 1.165) is 27.5 Å². The Balaban J connectivity index is 1.57. The van der Waals surface area contributed by atoms with Crippen LogP contribution < -0.4 is 16.4 Å². The largest absolute Gasteiger partial charge is 0.332 e. The monoisotopic (exact) mass is 365 g/mol. The minimum absolute atomic E-state index is 0.160. The quantitative estimate of drug-likeness (QED) is 0.656. The van der Waals surface area contributed by atoms with Crippen molar-refractivity contribution in [2.75, 3.05) is 0 Å². The van der Waals surface area contributed by atoms with Crippen LogP contribution in [0.25, 0.3) is 11.4 Å². The number of hydrogen-bond donors (Lipinski definition) is 3.